The zero-order valence-electron chi connectivity index (χ0n) is 15.9. The van der Waals surface area contributed by atoms with Crippen LogP contribution in [-0.4, -0.2) is 29.2 Å². The van der Waals surface area contributed by atoms with E-state index in [0.29, 0.717) is 29.0 Å². The molecular weight excluding hydrogens is 342 g/mol. The van der Waals surface area contributed by atoms with Crippen molar-refractivity contribution in [2.75, 3.05) is 7.05 Å². The highest BCUT2D eigenvalue weighted by Crippen LogP contribution is 2.45. The van der Waals surface area contributed by atoms with Gasteiger partial charge in [-0.25, -0.2) is 0 Å². The summed E-state index contributed by atoms with van der Waals surface area (Å²) in [7, 11) is 2.24. The largest absolute Gasteiger partial charge is 0.427 e. The van der Waals surface area contributed by atoms with E-state index < -0.39 is 0 Å². The molecule has 0 aliphatic carbocycles. The molecule has 4 heteroatoms. The number of carbonyl (C=O) groups is 1. The molecule has 1 aliphatic heterocycles. The third-order valence-corrected chi connectivity index (χ3v) is 6.36. The van der Waals surface area contributed by atoms with Gasteiger partial charge in [0.1, 0.15) is 5.75 Å². The van der Waals surface area contributed by atoms with Gasteiger partial charge in [0.05, 0.1) is 0 Å². The number of nitrogens with zero attached hydrogens (tertiary/aromatic N) is 1. The quantitative estimate of drug-likeness (QED) is 0.537. The normalized spacial score (nSPS) is 23.3. The Morgan fingerprint density at radius 3 is 2.35 bits per heavy atom. The van der Waals surface area contributed by atoms with Crippen molar-refractivity contribution in [2.24, 2.45) is 5.92 Å². The predicted octanol–water partition coefficient (Wildman–Crippen LogP) is 5.17. The topological polar surface area (TPSA) is 29.5 Å². The van der Waals surface area contributed by atoms with Gasteiger partial charge in [-0.2, -0.15) is 0 Å². The fourth-order valence-corrected chi connectivity index (χ4v) is 5.57. The van der Waals surface area contributed by atoms with Gasteiger partial charge in [0.25, 0.3) is 0 Å². The molecule has 2 aromatic rings. The number of esters is 1. The van der Waals surface area contributed by atoms with Gasteiger partial charge < -0.3 is 4.74 Å². The molecule has 0 amide bonds. The second-order valence-corrected chi connectivity index (χ2v) is 8.60. The van der Waals surface area contributed by atoms with E-state index >= 15 is 0 Å². The number of likely N-dealkylation sites (tertiary alicyclic amines) is 1. The maximum Gasteiger partial charge on any atom is 0.308 e. The first-order valence-corrected chi connectivity index (χ1v) is 10.1. The van der Waals surface area contributed by atoms with Gasteiger partial charge in [-0.05, 0) is 49.2 Å². The van der Waals surface area contributed by atoms with Crippen molar-refractivity contribution in [3.05, 3.63) is 60.2 Å². The Morgan fingerprint density at radius 2 is 1.77 bits per heavy atom. The van der Waals surface area contributed by atoms with Crippen LogP contribution in [0.3, 0.4) is 0 Å². The van der Waals surface area contributed by atoms with Crippen molar-refractivity contribution in [1.29, 1.82) is 0 Å². The molecule has 0 saturated carbocycles. The third-order valence-electron chi connectivity index (χ3n) is 5.04. The molecule has 3 nitrogen and oxygen atoms in total. The second-order valence-electron chi connectivity index (χ2n) is 7.28. The molecule has 0 bridgehead atoms. The van der Waals surface area contributed by atoms with Crippen LogP contribution in [0.1, 0.15) is 38.8 Å². The molecule has 0 spiro atoms. The fourth-order valence-electron chi connectivity index (χ4n) is 3.98. The summed E-state index contributed by atoms with van der Waals surface area (Å²) in [4.78, 5) is 15.0. The molecule has 1 saturated heterocycles. The zero-order valence-corrected chi connectivity index (χ0v) is 16.7. The number of rotatable bonds is 5. The van der Waals surface area contributed by atoms with E-state index in [4.69, 9.17) is 4.74 Å². The lowest BCUT2D eigenvalue weighted by Crippen LogP contribution is -2.36. The first-order valence-electron chi connectivity index (χ1n) is 9.17. The van der Waals surface area contributed by atoms with Gasteiger partial charge in [-0.3, -0.25) is 9.69 Å². The van der Waals surface area contributed by atoms with Crippen LogP contribution in [0.4, 0.5) is 0 Å². The number of carbonyl (C=O) groups excluding carboxylic acids is 1. The lowest BCUT2D eigenvalue weighted by molar-refractivity contribution is -0.131. The molecule has 1 aliphatic rings. The Bertz CT molecular complexity index is 730. The predicted molar refractivity (Wildman–Crippen MR) is 108 cm³/mol. The van der Waals surface area contributed by atoms with Crippen molar-refractivity contribution >= 4 is 17.7 Å². The summed E-state index contributed by atoms with van der Waals surface area (Å²) in [6.45, 7) is 6.05. The van der Waals surface area contributed by atoms with Gasteiger partial charge in [-0.15, -0.1) is 11.8 Å². The van der Waals surface area contributed by atoms with Crippen molar-refractivity contribution < 1.29 is 9.53 Å². The van der Waals surface area contributed by atoms with Crippen LogP contribution >= 0.6 is 11.8 Å². The Balaban J connectivity index is 1.79. The second kappa shape index (κ2) is 8.28. The average molecular weight is 370 g/mol. The van der Waals surface area contributed by atoms with E-state index in [1.807, 2.05) is 23.9 Å². The average Bonchev–Trinajstić information content (AvgIpc) is 2.92. The van der Waals surface area contributed by atoms with Crippen molar-refractivity contribution in [1.82, 2.24) is 4.90 Å². The molecule has 138 valence electrons. The Hall–Kier alpha value is -1.78. The van der Waals surface area contributed by atoms with Crippen LogP contribution in [0.15, 0.2) is 59.5 Å². The van der Waals surface area contributed by atoms with Crippen molar-refractivity contribution in [3.8, 4) is 5.75 Å². The van der Waals surface area contributed by atoms with Gasteiger partial charge in [0.15, 0.2) is 0 Å². The van der Waals surface area contributed by atoms with Gasteiger partial charge in [0, 0.05) is 29.2 Å². The minimum atomic E-state index is -0.282. The minimum Gasteiger partial charge on any atom is -0.427 e. The molecule has 26 heavy (non-hydrogen) atoms. The molecular formula is C22H27NO2S. The summed E-state index contributed by atoms with van der Waals surface area (Å²) >= 11 is 1.99. The van der Waals surface area contributed by atoms with Gasteiger partial charge in [0.2, 0.25) is 0 Å². The Morgan fingerprint density at radius 1 is 1.12 bits per heavy atom. The lowest BCUT2D eigenvalue weighted by Gasteiger charge is -2.30. The Kier molecular flexibility index (Phi) is 6.05. The summed E-state index contributed by atoms with van der Waals surface area (Å²) in [5.41, 5.74) is 1.28. The lowest BCUT2D eigenvalue weighted by atomic mass is 10.0. The maximum atomic E-state index is 11.1. The van der Waals surface area contributed by atoms with E-state index in [9.17, 15) is 4.79 Å². The highest BCUT2D eigenvalue weighted by Gasteiger charge is 2.41. The summed E-state index contributed by atoms with van der Waals surface area (Å²) in [5, 5.41) is 0.556. The number of ether oxygens (including phenoxy) is 1. The van der Waals surface area contributed by atoms with E-state index in [1.54, 1.807) is 0 Å². The minimum absolute atomic E-state index is 0.282. The van der Waals surface area contributed by atoms with E-state index in [2.05, 4.69) is 68.3 Å². The van der Waals surface area contributed by atoms with Crippen LogP contribution in [0.5, 0.6) is 5.75 Å². The standard InChI is InChI=1S/C22H27NO2S/c1-15(2)22-21(26-19-8-6-5-7-9-19)14-20(23(22)4)17-10-12-18(13-11-17)25-16(3)24/h5-13,15,20-22H,14H2,1-4H3/t20-,21+,22-/m0/s1. The van der Waals surface area contributed by atoms with Gasteiger partial charge >= 0.3 is 5.97 Å². The molecule has 3 rings (SSSR count). The molecule has 0 radical (unpaired) electrons. The summed E-state index contributed by atoms with van der Waals surface area (Å²) in [5.74, 6) is 0.916. The smallest absolute Gasteiger partial charge is 0.308 e. The molecule has 2 aromatic carbocycles. The van der Waals surface area contributed by atoms with Crippen LogP contribution in [0, 0.1) is 5.92 Å². The number of hydrogen-bond donors (Lipinski definition) is 0. The molecule has 0 N–H and O–H groups in total. The molecule has 1 fully saturated rings. The van der Waals surface area contributed by atoms with E-state index in [1.165, 1.54) is 17.4 Å². The zero-order chi connectivity index (χ0) is 18.7. The highest BCUT2D eigenvalue weighted by molar-refractivity contribution is 8.00. The molecule has 3 atom stereocenters. The summed E-state index contributed by atoms with van der Waals surface area (Å²) < 4.78 is 5.16. The number of benzene rings is 2. The molecule has 1 heterocycles. The number of hydrogen-bond acceptors (Lipinski definition) is 4. The van der Waals surface area contributed by atoms with E-state index in [0.717, 1.165) is 6.42 Å². The van der Waals surface area contributed by atoms with E-state index in [-0.39, 0.29) is 5.97 Å². The van der Waals surface area contributed by atoms with Crippen LogP contribution in [0.25, 0.3) is 0 Å². The molecule has 0 unspecified atom stereocenters. The van der Waals surface area contributed by atoms with Crippen LogP contribution in [-0.2, 0) is 4.79 Å². The summed E-state index contributed by atoms with van der Waals surface area (Å²) in [6.07, 6.45) is 1.12. The van der Waals surface area contributed by atoms with Gasteiger partial charge in [-0.1, -0.05) is 44.2 Å². The Labute approximate surface area is 160 Å². The molecule has 0 aromatic heterocycles. The van der Waals surface area contributed by atoms with Crippen molar-refractivity contribution in [3.63, 3.8) is 0 Å². The van der Waals surface area contributed by atoms with Crippen LogP contribution < -0.4 is 4.74 Å². The highest BCUT2D eigenvalue weighted by atomic mass is 32.2. The van der Waals surface area contributed by atoms with Crippen LogP contribution in [0.2, 0.25) is 0 Å². The fraction of sp³-hybridized carbons (Fsp3) is 0.409. The number of thioether (sulfide) groups is 1. The maximum absolute atomic E-state index is 11.1. The SMILES string of the molecule is CC(=O)Oc1ccc([C@@H]2C[C@@H](Sc3ccccc3)[C@H](C(C)C)N2C)cc1. The third kappa shape index (κ3) is 4.30. The van der Waals surface area contributed by atoms with Crippen molar-refractivity contribution in [2.45, 2.75) is 49.4 Å². The first-order chi connectivity index (χ1) is 12.5. The monoisotopic (exact) mass is 369 g/mol. The summed E-state index contributed by atoms with van der Waals surface area (Å²) in [6, 6.07) is 19.6. The first kappa shape index (κ1) is 19.0.